The summed E-state index contributed by atoms with van der Waals surface area (Å²) in [6.07, 6.45) is 0. The number of carbonyl (C=O) groups is 2. The Morgan fingerprint density at radius 3 is 2.68 bits per heavy atom. The number of aryl methyl sites for hydroxylation is 2. The van der Waals surface area contributed by atoms with Crippen LogP contribution in [0.15, 0.2) is 57.1 Å². The monoisotopic (exact) mass is 413 g/mol. The van der Waals surface area contributed by atoms with Crippen molar-refractivity contribution >= 4 is 40.6 Å². The highest BCUT2D eigenvalue weighted by atomic mass is 32.2. The molecule has 0 spiro atoms. The minimum atomic E-state index is -0.602. The van der Waals surface area contributed by atoms with Gasteiger partial charge in [0.25, 0.3) is 11.8 Å². The zero-order valence-electron chi connectivity index (χ0n) is 15.4. The first-order valence-corrected chi connectivity index (χ1v) is 10.1. The molecule has 0 saturated carbocycles. The second-order valence-electron chi connectivity index (χ2n) is 6.04. The van der Waals surface area contributed by atoms with Gasteiger partial charge in [-0.05, 0) is 49.7 Å². The first kappa shape index (κ1) is 19.9. The molecule has 0 fully saturated rings. The second kappa shape index (κ2) is 8.90. The van der Waals surface area contributed by atoms with E-state index >= 15 is 0 Å². The van der Waals surface area contributed by atoms with Crippen molar-refractivity contribution in [3.8, 4) is 5.75 Å². The molecule has 3 aromatic rings. The fraction of sp³-hybridized carbons (Fsp3) is 0.150. The van der Waals surface area contributed by atoms with Gasteiger partial charge in [-0.1, -0.05) is 23.9 Å². The quantitative estimate of drug-likeness (QED) is 0.610. The number of benzene rings is 2. The maximum Gasteiger partial charge on any atom is 0.259 e. The van der Waals surface area contributed by atoms with Gasteiger partial charge in [-0.2, -0.15) is 0 Å². The molecule has 1 heterocycles. The number of ether oxygens (including phenoxy) is 1. The van der Waals surface area contributed by atoms with E-state index in [0.717, 1.165) is 20.5 Å². The Balaban J connectivity index is 1.73. The first-order chi connectivity index (χ1) is 13.4. The van der Waals surface area contributed by atoms with Gasteiger partial charge < -0.3 is 15.8 Å². The van der Waals surface area contributed by atoms with E-state index in [4.69, 9.17) is 10.5 Å². The number of amides is 2. The van der Waals surface area contributed by atoms with Crippen LogP contribution in [-0.2, 0) is 4.79 Å². The van der Waals surface area contributed by atoms with Crippen molar-refractivity contribution in [1.29, 1.82) is 0 Å². The molecule has 6 nitrogen and oxygen atoms in total. The summed E-state index contributed by atoms with van der Waals surface area (Å²) in [7, 11) is 0. The molecule has 0 aliphatic heterocycles. The Morgan fingerprint density at radius 2 is 2.00 bits per heavy atom. The molecule has 3 rings (SSSR count). The number of nitrogens with one attached hydrogen (secondary N) is 1. The Kier molecular flexibility index (Phi) is 6.33. The summed E-state index contributed by atoms with van der Waals surface area (Å²) < 4.78 is 6.31. The lowest BCUT2D eigenvalue weighted by Gasteiger charge is -2.12. The van der Waals surface area contributed by atoms with Crippen LogP contribution in [-0.4, -0.2) is 23.4 Å². The molecule has 0 aliphatic carbocycles. The predicted octanol–water partition coefficient (Wildman–Crippen LogP) is 4.03. The van der Waals surface area contributed by atoms with Gasteiger partial charge in [-0.25, -0.2) is 4.98 Å². The average Bonchev–Trinajstić information content (AvgIpc) is 3.07. The van der Waals surface area contributed by atoms with Crippen molar-refractivity contribution in [3.05, 3.63) is 64.7 Å². The molecule has 2 aromatic carbocycles. The Bertz CT molecular complexity index is 1020. The molecule has 0 unspecified atom stereocenters. The van der Waals surface area contributed by atoms with E-state index < -0.39 is 5.91 Å². The third kappa shape index (κ3) is 5.11. The van der Waals surface area contributed by atoms with Crippen molar-refractivity contribution in [2.45, 2.75) is 23.1 Å². The molecule has 8 heteroatoms. The summed E-state index contributed by atoms with van der Waals surface area (Å²) in [6.45, 7) is 3.61. The normalized spacial score (nSPS) is 10.5. The van der Waals surface area contributed by atoms with Crippen LogP contribution in [0.5, 0.6) is 5.75 Å². The molecule has 28 heavy (non-hydrogen) atoms. The van der Waals surface area contributed by atoms with Gasteiger partial charge in [0, 0.05) is 21.7 Å². The van der Waals surface area contributed by atoms with Crippen LogP contribution in [0.25, 0.3) is 0 Å². The summed E-state index contributed by atoms with van der Waals surface area (Å²) in [5, 5.41) is 4.91. The smallest absolute Gasteiger partial charge is 0.259 e. The van der Waals surface area contributed by atoms with E-state index in [1.807, 2.05) is 37.4 Å². The van der Waals surface area contributed by atoms with Crippen LogP contribution in [0.2, 0.25) is 0 Å². The highest BCUT2D eigenvalue weighted by molar-refractivity contribution is 8.01. The van der Waals surface area contributed by atoms with E-state index in [2.05, 4.69) is 10.3 Å². The zero-order chi connectivity index (χ0) is 20.1. The number of nitrogens with zero attached hydrogens (tertiary/aromatic N) is 1. The van der Waals surface area contributed by atoms with Crippen molar-refractivity contribution in [2.75, 3.05) is 11.9 Å². The largest absolute Gasteiger partial charge is 0.483 e. The van der Waals surface area contributed by atoms with Crippen molar-refractivity contribution in [1.82, 2.24) is 4.98 Å². The maximum absolute atomic E-state index is 12.7. The number of thiazole rings is 1. The molecular weight excluding hydrogens is 394 g/mol. The number of carbonyl (C=O) groups excluding carboxylic acids is 2. The number of nitrogens with two attached hydrogens (primary N) is 1. The van der Waals surface area contributed by atoms with Gasteiger partial charge >= 0.3 is 0 Å². The first-order valence-electron chi connectivity index (χ1n) is 8.44. The van der Waals surface area contributed by atoms with Crippen LogP contribution < -0.4 is 15.8 Å². The van der Waals surface area contributed by atoms with Gasteiger partial charge in [-0.15, -0.1) is 11.3 Å². The molecule has 0 bridgehead atoms. The van der Waals surface area contributed by atoms with E-state index in [0.29, 0.717) is 17.0 Å². The molecular formula is C20H19N3O3S2. The zero-order valence-corrected chi connectivity index (χ0v) is 17.0. The standard InChI is InChI=1S/C20H19N3O3S2/c1-12-9-14(28-20-22-13(2)11-27-20)7-8-16(12)23-19(25)15-5-3-4-6-17(15)26-10-18(21)24/h3-9,11H,10H2,1-2H3,(H2,21,24)(H,23,25). The molecule has 0 radical (unpaired) electrons. The Labute approximate surface area is 171 Å². The molecule has 144 valence electrons. The molecule has 0 aliphatic rings. The van der Waals surface area contributed by atoms with Gasteiger partial charge in [0.15, 0.2) is 10.9 Å². The summed E-state index contributed by atoms with van der Waals surface area (Å²) in [6, 6.07) is 12.5. The fourth-order valence-corrected chi connectivity index (χ4v) is 4.35. The SMILES string of the molecule is Cc1csc(Sc2ccc(NC(=O)c3ccccc3OCC(N)=O)c(C)c2)n1. The Morgan fingerprint density at radius 1 is 1.21 bits per heavy atom. The average molecular weight is 414 g/mol. The van der Waals surface area contributed by atoms with Crippen LogP contribution >= 0.6 is 23.1 Å². The number of aromatic nitrogens is 1. The van der Waals surface area contributed by atoms with Crippen LogP contribution in [0, 0.1) is 13.8 Å². The van der Waals surface area contributed by atoms with Crippen molar-refractivity contribution in [2.24, 2.45) is 5.73 Å². The third-order valence-corrected chi connectivity index (χ3v) is 5.80. The summed E-state index contributed by atoms with van der Waals surface area (Å²) in [5.41, 5.74) is 8.08. The number of hydrogen-bond acceptors (Lipinski definition) is 6. The number of rotatable bonds is 7. The van der Waals surface area contributed by atoms with Gasteiger partial charge in [0.2, 0.25) is 0 Å². The molecule has 0 saturated heterocycles. The fourth-order valence-electron chi connectivity index (χ4n) is 2.44. The maximum atomic E-state index is 12.7. The van der Waals surface area contributed by atoms with Gasteiger partial charge in [0.05, 0.1) is 5.56 Å². The summed E-state index contributed by atoms with van der Waals surface area (Å²) in [4.78, 5) is 29.1. The van der Waals surface area contributed by atoms with E-state index in [-0.39, 0.29) is 12.5 Å². The Hall–Kier alpha value is -2.84. The minimum Gasteiger partial charge on any atom is -0.483 e. The van der Waals surface area contributed by atoms with Gasteiger partial charge in [-0.3, -0.25) is 9.59 Å². The van der Waals surface area contributed by atoms with Crippen LogP contribution in [0.1, 0.15) is 21.6 Å². The lowest BCUT2D eigenvalue weighted by molar-refractivity contribution is -0.119. The van der Waals surface area contributed by atoms with Crippen LogP contribution in [0.3, 0.4) is 0 Å². The topological polar surface area (TPSA) is 94.3 Å². The third-order valence-electron chi connectivity index (χ3n) is 3.75. The molecule has 1 aromatic heterocycles. The second-order valence-corrected chi connectivity index (χ2v) is 8.22. The summed E-state index contributed by atoms with van der Waals surface area (Å²) >= 11 is 3.20. The van der Waals surface area contributed by atoms with E-state index in [9.17, 15) is 9.59 Å². The van der Waals surface area contributed by atoms with Crippen LogP contribution in [0.4, 0.5) is 5.69 Å². The minimum absolute atomic E-state index is 0.286. The molecule has 2 amide bonds. The molecule has 0 atom stereocenters. The lowest BCUT2D eigenvalue weighted by Crippen LogP contribution is -2.21. The molecule has 3 N–H and O–H groups in total. The summed E-state index contributed by atoms with van der Waals surface area (Å²) in [5.74, 6) is -0.614. The number of anilines is 1. The van der Waals surface area contributed by atoms with E-state index in [1.54, 1.807) is 47.4 Å². The lowest BCUT2D eigenvalue weighted by atomic mass is 10.1. The van der Waals surface area contributed by atoms with Crippen molar-refractivity contribution < 1.29 is 14.3 Å². The number of primary amides is 1. The van der Waals surface area contributed by atoms with E-state index in [1.165, 1.54) is 0 Å². The highest BCUT2D eigenvalue weighted by Gasteiger charge is 2.14. The number of para-hydroxylation sites is 1. The van der Waals surface area contributed by atoms with Gasteiger partial charge in [0.1, 0.15) is 5.75 Å². The predicted molar refractivity (Wildman–Crippen MR) is 111 cm³/mol. The highest BCUT2D eigenvalue weighted by Crippen LogP contribution is 2.32. The van der Waals surface area contributed by atoms with Crippen molar-refractivity contribution in [3.63, 3.8) is 0 Å². The number of hydrogen-bond donors (Lipinski definition) is 2.